The number of nitrogens with zero attached hydrogens (tertiary/aromatic N) is 2. The number of nitrogens with two attached hydrogens (primary N) is 1. The Hall–Kier alpha value is -2.40. The highest BCUT2D eigenvalue weighted by atomic mass is 32.1. The molecule has 0 radical (unpaired) electrons. The average Bonchev–Trinajstić information content (AvgIpc) is 3.17. The molecule has 3 aromatic rings. The summed E-state index contributed by atoms with van der Waals surface area (Å²) in [7, 11) is 0. The third-order valence-corrected chi connectivity index (χ3v) is 8.41. The molecule has 0 aliphatic heterocycles. The molecule has 0 atom stereocenters. The second-order valence-electron chi connectivity index (χ2n) is 9.56. The monoisotopic (exact) mass is 447 g/mol. The Labute approximate surface area is 194 Å². The minimum Gasteiger partial charge on any atom is -0.397 e. The summed E-state index contributed by atoms with van der Waals surface area (Å²) in [5.74, 6) is 0.140. The van der Waals surface area contributed by atoms with Crippen LogP contribution in [0, 0.1) is 6.92 Å². The first-order valence-electron chi connectivity index (χ1n) is 12.2. The van der Waals surface area contributed by atoms with E-state index in [4.69, 9.17) is 10.7 Å². The number of nitrogen functional groups attached to an aromatic ring is 1. The predicted molar refractivity (Wildman–Crippen MR) is 134 cm³/mol. The number of carbonyl (C=O) groups is 1. The Morgan fingerprint density at radius 3 is 2.09 bits per heavy atom. The third-order valence-electron chi connectivity index (χ3n) is 7.31. The van der Waals surface area contributed by atoms with Gasteiger partial charge in [-0.25, -0.2) is 4.98 Å². The standard InChI is InChI=1S/C27H33N3OS/c1-18-12-14-19(15-13-18)23-17-16-22-24(28)25(32-26(22)29-23)27(31)30(20-8-4-2-5-9-20)21-10-6-3-7-11-21/h12-17,20-21H,2-11,28H2,1H3. The summed E-state index contributed by atoms with van der Waals surface area (Å²) in [4.78, 5) is 22.6. The highest BCUT2D eigenvalue weighted by molar-refractivity contribution is 7.21. The molecule has 0 unspecified atom stereocenters. The van der Waals surface area contributed by atoms with E-state index in [2.05, 4.69) is 36.1 Å². The smallest absolute Gasteiger partial charge is 0.266 e. The van der Waals surface area contributed by atoms with Crippen molar-refractivity contribution >= 4 is 33.1 Å². The van der Waals surface area contributed by atoms with Gasteiger partial charge in [-0.1, -0.05) is 68.4 Å². The van der Waals surface area contributed by atoms with E-state index in [-0.39, 0.29) is 5.91 Å². The number of thiophene rings is 1. The van der Waals surface area contributed by atoms with Gasteiger partial charge >= 0.3 is 0 Å². The molecule has 32 heavy (non-hydrogen) atoms. The van der Waals surface area contributed by atoms with Gasteiger partial charge in [0.25, 0.3) is 5.91 Å². The van der Waals surface area contributed by atoms with E-state index in [1.165, 1.54) is 55.4 Å². The van der Waals surface area contributed by atoms with E-state index in [0.717, 1.165) is 47.2 Å². The number of hydrogen-bond acceptors (Lipinski definition) is 4. The first-order chi connectivity index (χ1) is 15.6. The van der Waals surface area contributed by atoms with Crippen molar-refractivity contribution in [3.05, 3.63) is 46.8 Å². The number of aromatic nitrogens is 1. The van der Waals surface area contributed by atoms with Gasteiger partial charge in [0.05, 0.1) is 11.4 Å². The Bertz CT molecular complexity index is 1070. The SMILES string of the molecule is Cc1ccc(-c2ccc3c(N)c(C(=O)N(C4CCCCC4)C4CCCCC4)sc3n2)cc1. The van der Waals surface area contributed by atoms with E-state index in [1.54, 1.807) is 0 Å². The van der Waals surface area contributed by atoms with Gasteiger partial charge < -0.3 is 10.6 Å². The molecule has 5 heteroatoms. The van der Waals surface area contributed by atoms with Crippen LogP contribution in [-0.2, 0) is 0 Å². The maximum absolute atomic E-state index is 14.0. The minimum atomic E-state index is 0.140. The molecule has 0 saturated heterocycles. The van der Waals surface area contributed by atoms with Crippen molar-refractivity contribution in [1.29, 1.82) is 0 Å². The highest BCUT2D eigenvalue weighted by Crippen LogP contribution is 2.38. The Balaban J connectivity index is 1.50. The van der Waals surface area contributed by atoms with Crippen LogP contribution in [0.2, 0.25) is 0 Å². The van der Waals surface area contributed by atoms with Crippen molar-refractivity contribution in [3.8, 4) is 11.3 Å². The van der Waals surface area contributed by atoms with Crippen LogP contribution in [-0.4, -0.2) is 27.9 Å². The first kappa shape index (κ1) is 21.4. The molecule has 2 N–H and O–H groups in total. The number of carbonyl (C=O) groups excluding carboxylic acids is 1. The fourth-order valence-corrected chi connectivity index (χ4v) is 6.54. The Morgan fingerprint density at radius 2 is 1.50 bits per heavy atom. The maximum atomic E-state index is 14.0. The van der Waals surface area contributed by atoms with Crippen molar-refractivity contribution in [2.45, 2.75) is 83.2 Å². The zero-order valence-corrected chi connectivity index (χ0v) is 19.8. The fraction of sp³-hybridized carbons (Fsp3) is 0.481. The summed E-state index contributed by atoms with van der Waals surface area (Å²) < 4.78 is 0. The molecule has 168 valence electrons. The zero-order chi connectivity index (χ0) is 22.1. The topological polar surface area (TPSA) is 59.2 Å². The molecule has 2 aromatic heterocycles. The number of aryl methyl sites for hydroxylation is 1. The van der Waals surface area contributed by atoms with Crippen LogP contribution >= 0.6 is 11.3 Å². The summed E-state index contributed by atoms with van der Waals surface area (Å²) in [5.41, 5.74) is 10.4. The molecule has 2 aliphatic rings. The number of pyridine rings is 1. The van der Waals surface area contributed by atoms with Crippen molar-refractivity contribution < 1.29 is 4.79 Å². The quantitative estimate of drug-likeness (QED) is 0.470. The molecule has 0 spiro atoms. The number of rotatable bonds is 4. The summed E-state index contributed by atoms with van der Waals surface area (Å²) in [6, 6.07) is 13.2. The summed E-state index contributed by atoms with van der Waals surface area (Å²) in [6.07, 6.45) is 12.0. The van der Waals surface area contributed by atoms with Crippen LogP contribution in [0.3, 0.4) is 0 Å². The lowest BCUT2D eigenvalue weighted by Gasteiger charge is -2.41. The van der Waals surface area contributed by atoms with Crippen LogP contribution in [0.4, 0.5) is 5.69 Å². The fourth-order valence-electron chi connectivity index (χ4n) is 5.51. The van der Waals surface area contributed by atoms with Crippen LogP contribution in [0.25, 0.3) is 21.5 Å². The lowest BCUT2D eigenvalue weighted by molar-refractivity contribution is 0.0454. The molecular formula is C27H33N3OS. The van der Waals surface area contributed by atoms with Crippen LogP contribution in [0.1, 0.15) is 79.4 Å². The van der Waals surface area contributed by atoms with E-state index in [9.17, 15) is 4.79 Å². The molecule has 0 bridgehead atoms. The number of fused-ring (bicyclic) bond motifs is 1. The average molecular weight is 448 g/mol. The van der Waals surface area contributed by atoms with Crippen LogP contribution in [0.5, 0.6) is 0 Å². The van der Waals surface area contributed by atoms with Crippen molar-refractivity contribution in [2.75, 3.05) is 5.73 Å². The van der Waals surface area contributed by atoms with Crippen molar-refractivity contribution in [3.63, 3.8) is 0 Å². The minimum absolute atomic E-state index is 0.140. The van der Waals surface area contributed by atoms with Gasteiger partial charge in [0.15, 0.2) is 0 Å². The van der Waals surface area contributed by atoms with Crippen LogP contribution < -0.4 is 5.73 Å². The number of hydrogen-bond donors (Lipinski definition) is 1. The van der Waals surface area contributed by atoms with Crippen molar-refractivity contribution in [2.24, 2.45) is 0 Å². The number of amides is 1. The largest absolute Gasteiger partial charge is 0.397 e. The van der Waals surface area contributed by atoms with Gasteiger partial charge in [-0.15, -0.1) is 11.3 Å². The molecule has 1 aromatic carbocycles. The lowest BCUT2D eigenvalue weighted by Crippen LogP contribution is -2.48. The predicted octanol–water partition coefficient (Wildman–Crippen LogP) is 6.96. The van der Waals surface area contributed by atoms with Gasteiger partial charge in [-0.05, 0) is 44.7 Å². The number of benzene rings is 1. The number of anilines is 1. The van der Waals surface area contributed by atoms with Gasteiger partial charge in [-0.3, -0.25) is 4.79 Å². The maximum Gasteiger partial charge on any atom is 0.266 e. The second kappa shape index (κ2) is 9.22. The summed E-state index contributed by atoms with van der Waals surface area (Å²) in [6.45, 7) is 2.09. The molecule has 1 amide bonds. The van der Waals surface area contributed by atoms with Crippen LogP contribution in [0.15, 0.2) is 36.4 Å². The summed E-state index contributed by atoms with van der Waals surface area (Å²) >= 11 is 1.47. The first-order valence-corrected chi connectivity index (χ1v) is 13.0. The molecule has 2 heterocycles. The van der Waals surface area contributed by atoms with Gasteiger partial charge in [0.2, 0.25) is 0 Å². The lowest BCUT2D eigenvalue weighted by atomic mass is 9.88. The third kappa shape index (κ3) is 4.15. The Kier molecular flexibility index (Phi) is 6.18. The molecule has 5 rings (SSSR count). The highest BCUT2D eigenvalue weighted by Gasteiger charge is 2.35. The van der Waals surface area contributed by atoms with E-state index >= 15 is 0 Å². The molecule has 2 aliphatic carbocycles. The summed E-state index contributed by atoms with van der Waals surface area (Å²) in [5, 5.41) is 0.904. The molecular weight excluding hydrogens is 414 g/mol. The molecule has 2 saturated carbocycles. The zero-order valence-electron chi connectivity index (χ0n) is 19.0. The van der Waals surface area contributed by atoms with E-state index in [1.807, 2.05) is 12.1 Å². The Morgan fingerprint density at radius 1 is 0.906 bits per heavy atom. The van der Waals surface area contributed by atoms with Gasteiger partial charge in [0, 0.05) is 23.0 Å². The van der Waals surface area contributed by atoms with Crippen molar-refractivity contribution in [1.82, 2.24) is 9.88 Å². The van der Waals surface area contributed by atoms with Gasteiger partial charge in [-0.2, -0.15) is 0 Å². The second-order valence-corrected chi connectivity index (χ2v) is 10.6. The van der Waals surface area contributed by atoms with E-state index < -0.39 is 0 Å². The van der Waals surface area contributed by atoms with E-state index in [0.29, 0.717) is 22.6 Å². The normalized spacial score (nSPS) is 18.2. The molecule has 2 fully saturated rings. The van der Waals surface area contributed by atoms with Gasteiger partial charge in [0.1, 0.15) is 9.71 Å². The molecule has 4 nitrogen and oxygen atoms in total.